The quantitative estimate of drug-likeness (QED) is 0.738. The number of anilines is 1. The highest BCUT2D eigenvalue weighted by atomic mass is 79.9. The molecule has 1 aliphatic rings. The minimum Gasteiger partial charge on any atom is -0.395 e. The van der Waals surface area contributed by atoms with Crippen LogP contribution in [0.25, 0.3) is 0 Å². The summed E-state index contributed by atoms with van der Waals surface area (Å²) in [6, 6.07) is 2.75. The minimum atomic E-state index is -3.78. The van der Waals surface area contributed by atoms with Crippen LogP contribution in [0.4, 0.5) is 5.69 Å². The number of hydrogen-bond acceptors (Lipinski definition) is 3. The number of piperidine rings is 1. The van der Waals surface area contributed by atoms with Gasteiger partial charge in [-0.3, -0.25) is 4.72 Å². The summed E-state index contributed by atoms with van der Waals surface area (Å²) in [6.07, 6.45) is 2.32. The van der Waals surface area contributed by atoms with Crippen LogP contribution in [0.2, 0.25) is 10.0 Å². The monoisotopic (exact) mass is 416 g/mol. The molecular weight excluding hydrogens is 403 g/mol. The lowest BCUT2D eigenvalue weighted by Gasteiger charge is -2.33. The number of nitrogens with one attached hydrogen (secondary N) is 1. The van der Waals surface area contributed by atoms with E-state index in [-0.39, 0.29) is 22.3 Å². The molecule has 9 heteroatoms. The molecule has 0 radical (unpaired) electrons. The van der Waals surface area contributed by atoms with Gasteiger partial charge in [-0.05, 0) is 40.9 Å². The molecule has 0 bridgehead atoms. The first-order chi connectivity index (χ1) is 9.86. The zero-order chi connectivity index (χ0) is 15.6. The van der Waals surface area contributed by atoms with Gasteiger partial charge in [-0.15, -0.1) is 0 Å². The normalized spacial score (nSPS) is 20.5. The minimum absolute atomic E-state index is 0.132. The van der Waals surface area contributed by atoms with Crippen LogP contribution in [0.1, 0.15) is 19.3 Å². The number of hydrogen-bond donors (Lipinski definition) is 2. The molecule has 1 unspecified atom stereocenters. The molecule has 1 aliphatic heterocycles. The van der Waals surface area contributed by atoms with Gasteiger partial charge in [0.05, 0.1) is 22.3 Å². The summed E-state index contributed by atoms with van der Waals surface area (Å²) in [6.45, 7) is 0.179. The fourth-order valence-electron chi connectivity index (χ4n) is 2.28. The number of aliphatic hydroxyl groups excluding tert-OH is 1. The van der Waals surface area contributed by atoms with Crippen molar-refractivity contribution < 1.29 is 13.5 Å². The smallest absolute Gasteiger partial charge is 0.302 e. The van der Waals surface area contributed by atoms with Crippen molar-refractivity contribution in [2.75, 3.05) is 17.9 Å². The Kier molecular flexibility index (Phi) is 5.78. The number of rotatable bonds is 4. The largest absolute Gasteiger partial charge is 0.395 e. The molecule has 1 aromatic rings. The van der Waals surface area contributed by atoms with Crippen molar-refractivity contribution in [2.24, 2.45) is 0 Å². The molecule has 0 aromatic heterocycles. The molecule has 1 aromatic carbocycles. The predicted molar refractivity (Wildman–Crippen MR) is 88.1 cm³/mol. The van der Waals surface area contributed by atoms with Gasteiger partial charge in [0, 0.05) is 17.1 Å². The molecule has 118 valence electrons. The molecule has 21 heavy (non-hydrogen) atoms. The summed E-state index contributed by atoms with van der Waals surface area (Å²) in [5.41, 5.74) is 0.215. The summed E-state index contributed by atoms with van der Waals surface area (Å²) in [4.78, 5) is 0. The summed E-state index contributed by atoms with van der Waals surface area (Å²) < 4.78 is 29.2. The lowest BCUT2D eigenvalue weighted by molar-refractivity contribution is 0.156. The predicted octanol–water partition coefficient (Wildman–Crippen LogP) is 3.26. The number of halogens is 3. The molecule has 0 amide bonds. The molecule has 2 rings (SSSR count). The fourth-order valence-corrected chi connectivity index (χ4v) is 4.65. The maximum atomic E-state index is 12.5. The second-order valence-electron chi connectivity index (χ2n) is 4.77. The van der Waals surface area contributed by atoms with E-state index in [9.17, 15) is 13.5 Å². The van der Waals surface area contributed by atoms with Gasteiger partial charge in [0.2, 0.25) is 0 Å². The Bertz CT molecular complexity index is 627. The second-order valence-corrected chi connectivity index (χ2v) is 8.01. The van der Waals surface area contributed by atoms with Crippen LogP contribution in [0.15, 0.2) is 16.6 Å². The lowest BCUT2D eigenvalue weighted by Crippen LogP contribution is -2.47. The van der Waals surface area contributed by atoms with E-state index >= 15 is 0 Å². The maximum absolute atomic E-state index is 12.5. The van der Waals surface area contributed by atoms with Crippen molar-refractivity contribution in [3.8, 4) is 0 Å². The Labute approximate surface area is 142 Å². The third-order valence-corrected chi connectivity index (χ3v) is 6.71. The van der Waals surface area contributed by atoms with E-state index in [0.29, 0.717) is 17.4 Å². The summed E-state index contributed by atoms with van der Waals surface area (Å²) in [7, 11) is -3.78. The Morgan fingerprint density at radius 1 is 1.33 bits per heavy atom. The second kappa shape index (κ2) is 7.02. The Morgan fingerprint density at radius 2 is 2.05 bits per heavy atom. The van der Waals surface area contributed by atoms with Crippen molar-refractivity contribution in [1.29, 1.82) is 0 Å². The highest BCUT2D eigenvalue weighted by Gasteiger charge is 2.32. The van der Waals surface area contributed by atoms with Crippen LogP contribution in [-0.4, -0.2) is 37.0 Å². The summed E-state index contributed by atoms with van der Waals surface area (Å²) in [5.74, 6) is 0. The van der Waals surface area contributed by atoms with Crippen molar-refractivity contribution in [3.63, 3.8) is 0 Å². The van der Waals surface area contributed by atoms with Gasteiger partial charge in [0.15, 0.2) is 0 Å². The SMILES string of the molecule is O=S(=O)(Nc1ccc(Br)c(Cl)c1Cl)N1CCCCC1CO. The summed E-state index contributed by atoms with van der Waals surface area (Å²) in [5, 5.41) is 9.71. The van der Waals surface area contributed by atoms with Gasteiger partial charge >= 0.3 is 10.2 Å². The zero-order valence-electron chi connectivity index (χ0n) is 11.0. The molecule has 5 nitrogen and oxygen atoms in total. The topological polar surface area (TPSA) is 69.6 Å². The van der Waals surface area contributed by atoms with Crippen LogP contribution >= 0.6 is 39.1 Å². The van der Waals surface area contributed by atoms with Gasteiger partial charge in [0.1, 0.15) is 0 Å². The molecule has 1 fully saturated rings. The number of benzene rings is 1. The van der Waals surface area contributed by atoms with E-state index in [1.54, 1.807) is 6.07 Å². The Balaban J connectivity index is 2.27. The van der Waals surface area contributed by atoms with Crippen LogP contribution in [0.3, 0.4) is 0 Å². The molecule has 0 spiro atoms. The van der Waals surface area contributed by atoms with Crippen LogP contribution in [0.5, 0.6) is 0 Å². The van der Waals surface area contributed by atoms with Crippen molar-refractivity contribution in [1.82, 2.24) is 4.31 Å². The first-order valence-electron chi connectivity index (χ1n) is 6.40. The van der Waals surface area contributed by atoms with E-state index in [4.69, 9.17) is 23.2 Å². The van der Waals surface area contributed by atoms with Gasteiger partial charge in [-0.1, -0.05) is 29.6 Å². The summed E-state index contributed by atoms with van der Waals surface area (Å²) >= 11 is 15.3. The standard InChI is InChI=1S/C12H15BrCl2N2O3S/c13-9-4-5-10(12(15)11(9)14)16-21(19,20)17-6-2-1-3-8(17)7-18/h4-5,8,16,18H,1-3,6-7H2. The van der Waals surface area contributed by atoms with Crippen LogP contribution in [-0.2, 0) is 10.2 Å². The third kappa shape index (κ3) is 3.83. The molecule has 1 saturated heterocycles. The van der Waals surface area contributed by atoms with Crippen molar-refractivity contribution in [2.45, 2.75) is 25.3 Å². The number of aliphatic hydroxyl groups is 1. The number of nitrogens with zero attached hydrogens (tertiary/aromatic N) is 1. The molecule has 0 aliphatic carbocycles. The highest BCUT2D eigenvalue weighted by Crippen LogP contribution is 2.36. The van der Waals surface area contributed by atoms with E-state index in [1.807, 2.05) is 0 Å². The molecule has 0 saturated carbocycles. The Hall–Kier alpha value is -0.0500. The molecule has 1 atom stereocenters. The molecule has 1 heterocycles. The third-order valence-electron chi connectivity index (χ3n) is 3.37. The van der Waals surface area contributed by atoms with Crippen molar-refractivity contribution in [3.05, 3.63) is 26.7 Å². The zero-order valence-corrected chi connectivity index (χ0v) is 14.9. The maximum Gasteiger partial charge on any atom is 0.302 e. The van der Waals surface area contributed by atoms with Crippen LogP contribution in [0, 0.1) is 0 Å². The molecular formula is C12H15BrCl2N2O3S. The van der Waals surface area contributed by atoms with Crippen LogP contribution < -0.4 is 4.72 Å². The molecule has 2 N–H and O–H groups in total. The van der Waals surface area contributed by atoms with E-state index < -0.39 is 16.3 Å². The first-order valence-corrected chi connectivity index (χ1v) is 9.39. The van der Waals surface area contributed by atoms with Gasteiger partial charge in [-0.25, -0.2) is 0 Å². The van der Waals surface area contributed by atoms with E-state index in [1.165, 1.54) is 10.4 Å². The van der Waals surface area contributed by atoms with Gasteiger partial charge in [0.25, 0.3) is 0 Å². The lowest BCUT2D eigenvalue weighted by atomic mass is 10.1. The fraction of sp³-hybridized carbons (Fsp3) is 0.500. The average molecular weight is 418 g/mol. The Morgan fingerprint density at radius 3 is 2.71 bits per heavy atom. The van der Waals surface area contributed by atoms with Gasteiger partial charge < -0.3 is 5.11 Å². The van der Waals surface area contributed by atoms with E-state index in [2.05, 4.69) is 20.7 Å². The van der Waals surface area contributed by atoms with Crippen molar-refractivity contribution >= 4 is 55.0 Å². The van der Waals surface area contributed by atoms with E-state index in [0.717, 1.165) is 12.8 Å². The first kappa shape index (κ1) is 17.3. The van der Waals surface area contributed by atoms with Gasteiger partial charge in [-0.2, -0.15) is 12.7 Å². The average Bonchev–Trinajstić information content (AvgIpc) is 2.48. The highest BCUT2D eigenvalue weighted by molar-refractivity contribution is 9.10.